The lowest BCUT2D eigenvalue weighted by molar-refractivity contribution is 0.1000. The third kappa shape index (κ3) is 4.33. The van der Waals surface area contributed by atoms with Crippen LogP contribution >= 0.6 is 0 Å². The highest BCUT2D eigenvalue weighted by molar-refractivity contribution is 7.89. The van der Waals surface area contributed by atoms with Crippen molar-refractivity contribution in [2.24, 2.45) is 5.73 Å². The number of hydrogen-bond donors (Lipinski definition) is 2. The SMILES string of the molecule is CCOc1ccc(CNS(=O)(=O)c2ccc(C(N)=O)cc2)cc1C. The molecule has 2 aromatic carbocycles. The molecule has 0 atom stereocenters. The predicted octanol–water partition coefficient (Wildman–Crippen LogP) is 1.97. The highest BCUT2D eigenvalue weighted by Gasteiger charge is 2.14. The van der Waals surface area contributed by atoms with E-state index in [-0.39, 0.29) is 17.0 Å². The Morgan fingerprint density at radius 2 is 1.83 bits per heavy atom. The van der Waals surface area contributed by atoms with Crippen molar-refractivity contribution in [2.75, 3.05) is 6.61 Å². The van der Waals surface area contributed by atoms with Crippen LogP contribution < -0.4 is 15.2 Å². The highest BCUT2D eigenvalue weighted by atomic mass is 32.2. The number of rotatable bonds is 7. The van der Waals surface area contributed by atoms with Gasteiger partial charge in [0.1, 0.15) is 5.75 Å². The molecule has 7 heteroatoms. The highest BCUT2D eigenvalue weighted by Crippen LogP contribution is 2.19. The summed E-state index contributed by atoms with van der Waals surface area (Å²) >= 11 is 0. The lowest BCUT2D eigenvalue weighted by Crippen LogP contribution is -2.23. The third-order valence-electron chi connectivity index (χ3n) is 3.45. The number of benzene rings is 2. The number of nitrogens with one attached hydrogen (secondary N) is 1. The molecule has 128 valence electrons. The van der Waals surface area contributed by atoms with E-state index in [1.807, 2.05) is 32.0 Å². The number of hydrogen-bond acceptors (Lipinski definition) is 4. The molecule has 2 rings (SSSR count). The first kappa shape index (κ1) is 18.0. The van der Waals surface area contributed by atoms with Crippen molar-refractivity contribution < 1.29 is 17.9 Å². The number of sulfonamides is 1. The molecule has 0 radical (unpaired) electrons. The van der Waals surface area contributed by atoms with Crippen molar-refractivity contribution in [3.63, 3.8) is 0 Å². The van der Waals surface area contributed by atoms with Gasteiger partial charge in [0.25, 0.3) is 0 Å². The zero-order valence-corrected chi connectivity index (χ0v) is 14.4. The van der Waals surface area contributed by atoms with E-state index < -0.39 is 15.9 Å². The maximum atomic E-state index is 12.3. The van der Waals surface area contributed by atoms with Gasteiger partial charge in [0.05, 0.1) is 11.5 Å². The minimum absolute atomic E-state index is 0.0789. The standard InChI is InChI=1S/C17H20N2O4S/c1-3-23-16-9-4-13(10-12(16)2)11-19-24(21,22)15-7-5-14(6-8-15)17(18)20/h4-10,19H,3,11H2,1-2H3,(H2,18,20). The van der Waals surface area contributed by atoms with Crippen molar-refractivity contribution in [3.8, 4) is 5.75 Å². The van der Waals surface area contributed by atoms with Gasteiger partial charge in [-0.15, -0.1) is 0 Å². The van der Waals surface area contributed by atoms with Crippen molar-refractivity contribution in [1.82, 2.24) is 4.72 Å². The normalized spacial score (nSPS) is 11.2. The second-order valence-corrected chi connectivity index (χ2v) is 7.01. The van der Waals surface area contributed by atoms with Gasteiger partial charge in [-0.2, -0.15) is 0 Å². The Morgan fingerprint density at radius 1 is 1.17 bits per heavy atom. The summed E-state index contributed by atoms with van der Waals surface area (Å²) in [5.74, 6) is 0.183. The Balaban J connectivity index is 2.09. The van der Waals surface area contributed by atoms with Gasteiger partial charge in [-0.3, -0.25) is 4.79 Å². The summed E-state index contributed by atoms with van der Waals surface area (Å²) in [4.78, 5) is 11.1. The van der Waals surface area contributed by atoms with E-state index in [0.717, 1.165) is 16.9 Å². The molecule has 2 aromatic rings. The van der Waals surface area contributed by atoms with Crippen LogP contribution in [-0.2, 0) is 16.6 Å². The van der Waals surface area contributed by atoms with E-state index in [0.29, 0.717) is 6.61 Å². The molecule has 0 aliphatic heterocycles. The first-order valence-corrected chi connectivity index (χ1v) is 8.93. The number of carbonyl (C=O) groups excluding carboxylic acids is 1. The average molecular weight is 348 g/mol. The van der Waals surface area contributed by atoms with Crippen LogP contribution in [-0.4, -0.2) is 20.9 Å². The van der Waals surface area contributed by atoms with Crippen molar-refractivity contribution in [3.05, 3.63) is 59.2 Å². The maximum absolute atomic E-state index is 12.3. The Morgan fingerprint density at radius 3 is 2.38 bits per heavy atom. The largest absolute Gasteiger partial charge is 0.494 e. The fraction of sp³-hybridized carbons (Fsp3) is 0.235. The van der Waals surface area contributed by atoms with Crippen LogP contribution in [0, 0.1) is 6.92 Å². The molecule has 1 amide bonds. The van der Waals surface area contributed by atoms with E-state index in [4.69, 9.17) is 10.5 Å². The van der Waals surface area contributed by atoms with E-state index in [9.17, 15) is 13.2 Å². The van der Waals surface area contributed by atoms with Crippen LogP contribution in [0.4, 0.5) is 0 Å². The molecule has 6 nitrogen and oxygen atoms in total. The molecule has 24 heavy (non-hydrogen) atoms. The van der Waals surface area contributed by atoms with E-state index in [1.54, 1.807) is 0 Å². The number of ether oxygens (including phenoxy) is 1. The summed E-state index contributed by atoms with van der Waals surface area (Å²) in [6.45, 7) is 4.55. The van der Waals surface area contributed by atoms with Gasteiger partial charge in [-0.25, -0.2) is 13.1 Å². The summed E-state index contributed by atoms with van der Waals surface area (Å²) in [5, 5.41) is 0. The molecule has 0 aromatic heterocycles. The number of amides is 1. The zero-order chi connectivity index (χ0) is 17.7. The van der Waals surface area contributed by atoms with Crippen LogP contribution in [0.3, 0.4) is 0 Å². The second-order valence-electron chi connectivity index (χ2n) is 5.25. The number of primary amides is 1. The Kier molecular flexibility index (Phi) is 5.58. The Labute approximate surface area is 141 Å². The van der Waals surface area contributed by atoms with Gasteiger partial charge in [0.2, 0.25) is 15.9 Å². The molecule has 0 unspecified atom stereocenters. The topological polar surface area (TPSA) is 98.5 Å². The zero-order valence-electron chi connectivity index (χ0n) is 13.6. The van der Waals surface area contributed by atoms with E-state index in [2.05, 4.69) is 4.72 Å². The Hall–Kier alpha value is -2.38. The van der Waals surface area contributed by atoms with Crippen molar-refractivity contribution in [2.45, 2.75) is 25.3 Å². The molecule has 0 fully saturated rings. The third-order valence-corrected chi connectivity index (χ3v) is 4.87. The molecule has 0 heterocycles. The summed E-state index contributed by atoms with van der Waals surface area (Å²) < 4.78 is 32.6. The minimum Gasteiger partial charge on any atom is -0.494 e. The molecular formula is C17H20N2O4S. The maximum Gasteiger partial charge on any atom is 0.248 e. The molecule has 0 aliphatic carbocycles. The van der Waals surface area contributed by atoms with Crippen LogP contribution in [0.15, 0.2) is 47.4 Å². The molecule has 0 saturated carbocycles. The number of aryl methyl sites for hydroxylation is 1. The number of carbonyl (C=O) groups is 1. The van der Waals surface area contributed by atoms with E-state index in [1.165, 1.54) is 24.3 Å². The summed E-state index contributed by atoms with van der Waals surface area (Å²) in [6.07, 6.45) is 0. The van der Waals surface area contributed by atoms with E-state index >= 15 is 0 Å². The Bertz CT molecular complexity index is 830. The summed E-state index contributed by atoms with van der Waals surface area (Å²) in [6, 6.07) is 11.0. The molecule has 0 saturated heterocycles. The van der Waals surface area contributed by atoms with Crippen LogP contribution in [0.2, 0.25) is 0 Å². The second kappa shape index (κ2) is 7.46. The molecule has 0 bridgehead atoms. The van der Waals surface area contributed by atoms with Gasteiger partial charge < -0.3 is 10.5 Å². The predicted molar refractivity (Wildman–Crippen MR) is 91.3 cm³/mol. The summed E-state index contributed by atoms with van der Waals surface area (Å²) in [5.41, 5.74) is 7.17. The van der Waals surface area contributed by atoms with Crippen LogP contribution in [0.5, 0.6) is 5.75 Å². The quantitative estimate of drug-likeness (QED) is 0.799. The van der Waals surface area contributed by atoms with Gasteiger partial charge in [0.15, 0.2) is 0 Å². The number of nitrogens with two attached hydrogens (primary N) is 1. The van der Waals surface area contributed by atoms with Gasteiger partial charge in [-0.05, 0) is 55.3 Å². The smallest absolute Gasteiger partial charge is 0.248 e. The molecule has 0 aliphatic rings. The first-order chi connectivity index (χ1) is 11.3. The van der Waals surface area contributed by atoms with Crippen molar-refractivity contribution >= 4 is 15.9 Å². The fourth-order valence-electron chi connectivity index (χ4n) is 2.20. The average Bonchev–Trinajstić information content (AvgIpc) is 2.55. The molecule has 3 N–H and O–H groups in total. The lowest BCUT2D eigenvalue weighted by Gasteiger charge is -2.10. The van der Waals surface area contributed by atoms with Crippen LogP contribution in [0.25, 0.3) is 0 Å². The summed E-state index contributed by atoms with van der Waals surface area (Å²) in [7, 11) is -3.67. The monoisotopic (exact) mass is 348 g/mol. The lowest BCUT2D eigenvalue weighted by atomic mass is 10.1. The van der Waals surface area contributed by atoms with Gasteiger partial charge >= 0.3 is 0 Å². The van der Waals surface area contributed by atoms with Gasteiger partial charge in [0, 0.05) is 12.1 Å². The fourth-order valence-corrected chi connectivity index (χ4v) is 3.22. The van der Waals surface area contributed by atoms with Crippen molar-refractivity contribution in [1.29, 1.82) is 0 Å². The minimum atomic E-state index is -3.67. The molecular weight excluding hydrogens is 328 g/mol. The first-order valence-electron chi connectivity index (χ1n) is 7.45. The van der Waals surface area contributed by atoms with Crippen LogP contribution in [0.1, 0.15) is 28.4 Å². The molecule has 0 spiro atoms. The van der Waals surface area contributed by atoms with Gasteiger partial charge in [-0.1, -0.05) is 12.1 Å².